The number of halogens is 4. The van der Waals surface area contributed by atoms with Crippen LogP contribution in [0.3, 0.4) is 0 Å². The summed E-state index contributed by atoms with van der Waals surface area (Å²) in [6.07, 6.45) is -5.02. The zero-order valence-electron chi connectivity index (χ0n) is 12.8. The van der Waals surface area contributed by atoms with Crippen LogP contribution in [0.4, 0.5) is 13.2 Å². The first kappa shape index (κ1) is 19.5. The summed E-state index contributed by atoms with van der Waals surface area (Å²) in [5.74, 6) is -0.290. The lowest BCUT2D eigenvalue weighted by Gasteiger charge is -2.14. The van der Waals surface area contributed by atoms with E-state index in [0.29, 0.717) is 11.3 Å². The number of methoxy groups -OCH3 is 1. The summed E-state index contributed by atoms with van der Waals surface area (Å²) >= 11 is 2.99. The van der Waals surface area contributed by atoms with Crippen molar-refractivity contribution in [1.29, 1.82) is 0 Å². The zero-order chi connectivity index (χ0) is 18.7. The minimum atomic E-state index is -5.02. The summed E-state index contributed by atoms with van der Waals surface area (Å²) in [6, 6.07) is 9.88. The van der Waals surface area contributed by atoms with Gasteiger partial charge in [-0.3, -0.25) is 0 Å². The third-order valence-corrected chi connectivity index (χ3v) is 4.96. The fourth-order valence-corrected chi connectivity index (χ4v) is 3.41. The predicted molar refractivity (Wildman–Crippen MR) is 87.8 cm³/mol. The van der Waals surface area contributed by atoms with E-state index >= 15 is 0 Å². The van der Waals surface area contributed by atoms with Gasteiger partial charge < -0.3 is 9.47 Å². The summed E-state index contributed by atoms with van der Waals surface area (Å²) in [5, 5.41) is 0. The largest absolute Gasteiger partial charge is 0.573 e. The van der Waals surface area contributed by atoms with Gasteiger partial charge in [0.05, 0.1) is 7.11 Å². The molecule has 0 bridgehead atoms. The van der Waals surface area contributed by atoms with Crippen molar-refractivity contribution in [2.24, 2.45) is 0 Å². The lowest BCUT2D eigenvalue weighted by Crippen LogP contribution is -2.25. The second kappa shape index (κ2) is 7.63. The van der Waals surface area contributed by atoms with Gasteiger partial charge in [0.25, 0.3) is 0 Å². The lowest BCUT2D eigenvalue weighted by molar-refractivity contribution is -0.275. The molecule has 1 N–H and O–H groups in total. The Morgan fingerprint density at radius 2 is 1.88 bits per heavy atom. The number of sulfonamides is 1. The monoisotopic (exact) mass is 439 g/mol. The number of ether oxygens (including phenoxy) is 2. The van der Waals surface area contributed by atoms with Gasteiger partial charge in [-0.2, -0.15) is 0 Å². The van der Waals surface area contributed by atoms with E-state index in [4.69, 9.17) is 4.74 Å². The highest BCUT2D eigenvalue weighted by molar-refractivity contribution is 9.10. The fourth-order valence-electron chi connectivity index (χ4n) is 1.95. The third-order valence-electron chi connectivity index (χ3n) is 3.02. The highest BCUT2D eigenvalue weighted by Crippen LogP contribution is 2.32. The van der Waals surface area contributed by atoms with Gasteiger partial charge in [0.2, 0.25) is 10.0 Å². The summed E-state index contributed by atoms with van der Waals surface area (Å²) < 4.78 is 73.6. The molecule has 0 aromatic heterocycles. The molecule has 0 heterocycles. The minimum Gasteiger partial charge on any atom is -0.497 e. The molecular weight excluding hydrogens is 427 g/mol. The highest BCUT2D eigenvalue weighted by atomic mass is 79.9. The van der Waals surface area contributed by atoms with E-state index in [0.717, 1.165) is 12.1 Å². The molecule has 5 nitrogen and oxygen atoms in total. The van der Waals surface area contributed by atoms with Crippen LogP contribution >= 0.6 is 15.9 Å². The Morgan fingerprint density at radius 3 is 2.52 bits per heavy atom. The first-order valence-corrected chi connectivity index (χ1v) is 9.06. The molecule has 0 spiro atoms. The van der Waals surface area contributed by atoms with E-state index in [9.17, 15) is 21.6 Å². The van der Waals surface area contributed by atoms with Crippen molar-refractivity contribution in [2.45, 2.75) is 17.8 Å². The van der Waals surface area contributed by atoms with Gasteiger partial charge in [-0.25, -0.2) is 13.1 Å². The van der Waals surface area contributed by atoms with Crippen LogP contribution in [0.1, 0.15) is 5.56 Å². The van der Waals surface area contributed by atoms with Crippen LogP contribution in [0.5, 0.6) is 11.5 Å². The molecule has 10 heteroatoms. The molecule has 0 radical (unpaired) electrons. The van der Waals surface area contributed by atoms with Gasteiger partial charge >= 0.3 is 6.36 Å². The van der Waals surface area contributed by atoms with Crippen LogP contribution < -0.4 is 14.2 Å². The van der Waals surface area contributed by atoms with Crippen LogP contribution in [0.2, 0.25) is 0 Å². The van der Waals surface area contributed by atoms with Crippen LogP contribution in [-0.2, 0) is 16.6 Å². The molecular formula is C15H13BrF3NO4S. The number of hydrogen-bond donors (Lipinski definition) is 1. The van der Waals surface area contributed by atoms with Crippen LogP contribution in [-0.4, -0.2) is 21.9 Å². The van der Waals surface area contributed by atoms with Crippen molar-refractivity contribution < 1.29 is 31.1 Å². The number of alkyl halides is 3. The number of hydrogen-bond acceptors (Lipinski definition) is 4. The lowest BCUT2D eigenvalue weighted by atomic mass is 10.2. The summed E-state index contributed by atoms with van der Waals surface area (Å²) in [5.41, 5.74) is 0.582. The van der Waals surface area contributed by atoms with E-state index in [1.807, 2.05) is 0 Å². The van der Waals surface area contributed by atoms with E-state index in [-0.39, 0.29) is 11.0 Å². The Kier molecular flexibility index (Phi) is 5.96. The van der Waals surface area contributed by atoms with Gasteiger partial charge in [0.15, 0.2) is 5.75 Å². The van der Waals surface area contributed by atoms with Crippen molar-refractivity contribution in [1.82, 2.24) is 4.72 Å². The maximum atomic E-state index is 12.5. The molecule has 2 aromatic rings. The van der Waals surface area contributed by atoms with Crippen molar-refractivity contribution in [3.63, 3.8) is 0 Å². The van der Waals surface area contributed by atoms with Gasteiger partial charge in [0.1, 0.15) is 10.6 Å². The van der Waals surface area contributed by atoms with E-state index < -0.39 is 27.0 Å². The zero-order valence-corrected chi connectivity index (χ0v) is 15.2. The predicted octanol–water partition coefficient (Wildman–Crippen LogP) is 3.83. The number of nitrogens with one attached hydrogen (secondary N) is 1. The molecule has 0 aliphatic rings. The maximum absolute atomic E-state index is 12.5. The Balaban J connectivity index is 2.26. The molecule has 0 unspecified atom stereocenters. The molecule has 2 rings (SSSR count). The van der Waals surface area contributed by atoms with Gasteiger partial charge in [-0.15, -0.1) is 13.2 Å². The first-order chi connectivity index (χ1) is 11.6. The summed E-state index contributed by atoms with van der Waals surface area (Å²) in [7, 11) is -2.77. The van der Waals surface area contributed by atoms with E-state index in [1.54, 1.807) is 24.3 Å². The Bertz CT molecular complexity index is 856. The molecule has 0 saturated carbocycles. The van der Waals surface area contributed by atoms with Crippen molar-refractivity contribution in [3.05, 3.63) is 52.5 Å². The van der Waals surface area contributed by atoms with Gasteiger partial charge in [-0.1, -0.05) is 28.1 Å². The normalized spacial score (nSPS) is 12.0. The van der Waals surface area contributed by atoms with Crippen LogP contribution in [0, 0.1) is 0 Å². The first-order valence-electron chi connectivity index (χ1n) is 6.78. The Hall–Kier alpha value is -1.78. The van der Waals surface area contributed by atoms with Crippen molar-refractivity contribution in [2.75, 3.05) is 7.11 Å². The average Bonchev–Trinajstić information content (AvgIpc) is 2.51. The standard InChI is InChI=1S/C15H13BrF3NO4S/c1-23-12-4-2-3-10(7-12)9-20-25(21,22)14-6-5-11(16)8-13(14)24-15(17,18)19/h2-8,20H,9H2,1H3. The molecule has 25 heavy (non-hydrogen) atoms. The van der Waals surface area contributed by atoms with E-state index in [2.05, 4.69) is 25.4 Å². The molecule has 0 aliphatic carbocycles. The van der Waals surface area contributed by atoms with Crippen LogP contribution in [0.25, 0.3) is 0 Å². The molecule has 0 aliphatic heterocycles. The molecule has 0 amide bonds. The summed E-state index contributed by atoms with van der Waals surface area (Å²) in [4.78, 5) is -0.615. The number of rotatable bonds is 6. The molecule has 0 fully saturated rings. The summed E-state index contributed by atoms with van der Waals surface area (Å²) in [6.45, 7) is -0.124. The van der Waals surface area contributed by atoms with Gasteiger partial charge in [-0.05, 0) is 35.9 Å². The van der Waals surface area contributed by atoms with Crippen LogP contribution in [0.15, 0.2) is 51.8 Å². The van der Waals surface area contributed by atoms with Crippen molar-refractivity contribution >= 4 is 26.0 Å². The second-order valence-corrected chi connectivity index (χ2v) is 7.47. The van der Waals surface area contributed by atoms with Gasteiger partial charge in [0, 0.05) is 11.0 Å². The maximum Gasteiger partial charge on any atom is 0.573 e. The molecule has 0 atom stereocenters. The third kappa shape index (κ3) is 5.62. The number of benzene rings is 2. The average molecular weight is 440 g/mol. The SMILES string of the molecule is COc1cccc(CNS(=O)(=O)c2ccc(Br)cc2OC(F)(F)F)c1. The quantitative estimate of drug-likeness (QED) is 0.742. The molecule has 2 aromatic carbocycles. The Labute approximate surface area is 150 Å². The smallest absolute Gasteiger partial charge is 0.497 e. The highest BCUT2D eigenvalue weighted by Gasteiger charge is 2.34. The van der Waals surface area contributed by atoms with Crippen molar-refractivity contribution in [3.8, 4) is 11.5 Å². The minimum absolute atomic E-state index is 0.124. The molecule has 0 saturated heterocycles. The topological polar surface area (TPSA) is 64.6 Å². The second-order valence-electron chi connectivity index (χ2n) is 4.81. The fraction of sp³-hybridized carbons (Fsp3) is 0.200. The molecule has 136 valence electrons. The van der Waals surface area contributed by atoms with E-state index in [1.165, 1.54) is 13.2 Å². The Morgan fingerprint density at radius 1 is 1.16 bits per heavy atom.